The highest BCUT2D eigenvalue weighted by atomic mass is 16.3. The maximum atomic E-state index is 9.90. The fourth-order valence-electron chi connectivity index (χ4n) is 4.45. The Morgan fingerprint density at radius 1 is 1.03 bits per heavy atom. The molecule has 5 rings (SSSR count). The van der Waals surface area contributed by atoms with E-state index in [4.69, 9.17) is 0 Å². The van der Waals surface area contributed by atoms with Crippen LogP contribution in [0.2, 0.25) is 0 Å². The molecule has 0 radical (unpaired) electrons. The van der Waals surface area contributed by atoms with Crippen molar-refractivity contribution in [2.45, 2.75) is 46.9 Å². The van der Waals surface area contributed by atoms with Crippen molar-refractivity contribution in [1.82, 2.24) is 24.7 Å². The summed E-state index contributed by atoms with van der Waals surface area (Å²) in [6.45, 7) is 8.98. The van der Waals surface area contributed by atoms with Crippen molar-refractivity contribution >= 4 is 5.82 Å². The highest BCUT2D eigenvalue weighted by Crippen LogP contribution is 2.38. The van der Waals surface area contributed by atoms with Crippen molar-refractivity contribution in [2.24, 2.45) is 0 Å². The van der Waals surface area contributed by atoms with Crippen LogP contribution in [0.15, 0.2) is 48.9 Å². The summed E-state index contributed by atoms with van der Waals surface area (Å²) in [5, 5.41) is 19.0. The maximum absolute atomic E-state index is 9.90. The standard InChI is InChI=1S/C25H26N6O/c1-15-5-6-20-18(4)31(12-19(20)9-15)25-16(2)10-22(28-29-25)21-7-8-24(23(13-32)27-21)30-11-17(3)26-14-30/h5-11,14,18,32H,12-13H2,1-4H3. The predicted molar refractivity (Wildman–Crippen MR) is 124 cm³/mol. The molecule has 1 atom stereocenters. The monoisotopic (exact) mass is 426 g/mol. The van der Waals surface area contributed by atoms with E-state index < -0.39 is 0 Å². The number of benzene rings is 1. The Kier molecular flexibility index (Phi) is 4.98. The van der Waals surface area contributed by atoms with Crippen molar-refractivity contribution in [3.8, 4) is 17.1 Å². The van der Waals surface area contributed by atoms with Crippen LogP contribution in [0.5, 0.6) is 0 Å². The predicted octanol–water partition coefficient (Wildman–Crippen LogP) is 4.22. The number of nitrogens with zero attached hydrogens (tertiary/aromatic N) is 6. The number of aliphatic hydroxyl groups excluding tert-OH is 1. The van der Waals surface area contributed by atoms with Crippen LogP contribution in [-0.4, -0.2) is 29.8 Å². The van der Waals surface area contributed by atoms with Gasteiger partial charge in [0.2, 0.25) is 0 Å². The third-order valence-corrected chi connectivity index (χ3v) is 6.14. The fraction of sp³-hybridized carbons (Fsp3) is 0.280. The lowest BCUT2D eigenvalue weighted by Gasteiger charge is -2.24. The molecule has 0 bridgehead atoms. The zero-order valence-corrected chi connectivity index (χ0v) is 18.7. The largest absolute Gasteiger partial charge is 0.390 e. The number of aliphatic hydroxyl groups is 1. The summed E-state index contributed by atoms with van der Waals surface area (Å²) < 4.78 is 1.87. The van der Waals surface area contributed by atoms with Crippen LogP contribution in [0.25, 0.3) is 17.1 Å². The maximum Gasteiger partial charge on any atom is 0.155 e. The van der Waals surface area contributed by atoms with Crippen LogP contribution >= 0.6 is 0 Å². The summed E-state index contributed by atoms with van der Waals surface area (Å²) in [6.07, 6.45) is 3.63. The highest BCUT2D eigenvalue weighted by Gasteiger charge is 2.29. The Morgan fingerprint density at radius 2 is 1.88 bits per heavy atom. The summed E-state index contributed by atoms with van der Waals surface area (Å²) in [4.78, 5) is 11.2. The van der Waals surface area contributed by atoms with Crippen LogP contribution in [-0.2, 0) is 13.2 Å². The summed E-state index contributed by atoms with van der Waals surface area (Å²) >= 11 is 0. The van der Waals surface area contributed by atoms with Crippen molar-refractivity contribution in [2.75, 3.05) is 4.90 Å². The van der Waals surface area contributed by atoms with Gasteiger partial charge in [-0.25, -0.2) is 9.97 Å². The number of rotatable bonds is 4. The molecule has 0 spiro atoms. The van der Waals surface area contributed by atoms with Crippen LogP contribution in [0.4, 0.5) is 5.82 Å². The number of hydrogen-bond acceptors (Lipinski definition) is 6. The quantitative estimate of drug-likeness (QED) is 0.526. The van der Waals surface area contributed by atoms with E-state index in [0.29, 0.717) is 17.1 Å². The van der Waals surface area contributed by atoms with Gasteiger partial charge in [0.1, 0.15) is 5.69 Å². The fourth-order valence-corrected chi connectivity index (χ4v) is 4.45. The van der Waals surface area contributed by atoms with Gasteiger partial charge in [-0.1, -0.05) is 23.8 Å². The number of anilines is 1. The number of hydrogen-bond donors (Lipinski definition) is 1. The summed E-state index contributed by atoms with van der Waals surface area (Å²) in [5.41, 5.74) is 8.68. The number of imidazole rings is 1. The average molecular weight is 427 g/mol. The molecule has 3 aromatic heterocycles. The van der Waals surface area contributed by atoms with Crippen LogP contribution < -0.4 is 4.90 Å². The third-order valence-electron chi connectivity index (χ3n) is 6.14. The van der Waals surface area contributed by atoms with E-state index in [0.717, 1.165) is 29.3 Å². The Hall–Kier alpha value is -3.58. The van der Waals surface area contributed by atoms with Gasteiger partial charge in [0, 0.05) is 12.7 Å². The van der Waals surface area contributed by atoms with Gasteiger partial charge in [0.15, 0.2) is 5.82 Å². The molecular formula is C25H26N6O. The summed E-state index contributed by atoms with van der Waals surface area (Å²) in [7, 11) is 0. The number of aryl methyl sites for hydroxylation is 3. The topological polar surface area (TPSA) is 80.0 Å². The van der Waals surface area contributed by atoms with E-state index in [9.17, 15) is 5.11 Å². The molecule has 0 saturated heterocycles. The Balaban J connectivity index is 1.46. The molecule has 1 unspecified atom stereocenters. The molecule has 0 fully saturated rings. The van der Waals surface area contributed by atoms with Gasteiger partial charge >= 0.3 is 0 Å². The molecule has 1 aliphatic heterocycles. The third kappa shape index (κ3) is 3.44. The molecule has 0 amide bonds. The average Bonchev–Trinajstić information content (AvgIpc) is 3.36. The van der Waals surface area contributed by atoms with E-state index in [1.807, 2.05) is 35.9 Å². The summed E-state index contributed by atoms with van der Waals surface area (Å²) in [6, 6.07) is 12.8. The van der Waals surface area contributed by atoms with E-state index in [1.54, 1.807) is 6.33 Å². The first kappa shape index (κ1) is 20.3. The first-order valence-electron chi connectivity index (χ1n) is 10.8. The molecule has 0 saturated carbocycles. The molecule has 1 aliphatic rings. The molecule has 162 valence electrons. The molecular weight excluding hydrogens is 400 g/mol. The second-order valence-electron chi connectivity index (χ2n) is 8.49. The Bertz CT molecular complexity index is 1310. The van der Waals surface area contributed by atoms with E-state index in [-0.39, 0.29) is 12.6 Å². The highest BCUT2D eigenvalue weighted by molar-refractivity contribution is 5.62. The lowest BCUT2D eigenvalue weighted by Crippen LogP contribution is -2.21. The molecule has 1 N–H and O–H groups in total. The van der Waals surface area contributed by atoms with Gasteiger partial charge in [-0.3, -0.25) is 0 Å². The Labute approximate surface area is 187 Å². The molecule has 7 nitrogen and oxygen atoms in total. The minimum absolute atomic E-state index is 0.173. The number of aromatic nitrogens is 5. The molecule has 7 heteroatoms. The van der Waals surface area contributed by atoms with E-state index >= 15 is 0 Å². The second kappa shape index (κ2) is 7.84. The molecule has 4 aromatic rings. The van der Waals surface area contributed by atoms with Gasteiger partial charge in [-0.15, -0.1) is 10.2 Å². The molecule has 32 heavy (non-hydrogen) atoms. The zero-order chi connectivity index (χ0) is 22.4. The van der Waals surface area contributed by atoms with Crippen molar-refractivity contribution in [1.29, 1.82) is 0 Å². The van der Waals surface area contributed by atoms with Crippen LogP contribution in [0.1, 0.15) is 46.6 Å². The van der Waals surface area contributed by atoms with Crippen LogP contribution in [0, 0.1) is 20.8 Å². The van der Waals surface area contributed by atoms with Gasteiger partial charge in [-0.05, 0) is 62.6 Å². The normalized spacial score (nSPS) is 15.3. The number of pyridine rings is 1. The number of fused-ring (bicyclic) bond motifs is 1. The molecule has 0 aliphatic carbocycles. The minimum atomic E-state index is -0.173. The second-order valence-corrected chi connectivity index (χ2v) is 8.49. The van der Waals surface area contributed by atoms with E-state index in [1.165, 1.54) is 16.7 Å². The molecule has 1 aromatic carbocycles. The summed E-state index contributed by atoms with van der Waals surface area (Å²) in [5.74, 6) is 0.892. The van der Waals surface area contributed by atoms with Crippen molar-refractivity contribution in [3.63, 3.8) is 0 Å². The van der Waals surface area contributed by atoms with Crippen LogP contribution in [0.3, 0.4) is 0 Å². The lowest BCUT2D eigenvalue weighted by atomic mass is 10.0. The van der Waals surface area contributed by atoms with Crippen molar-refractivity contribution in [3.05, 3.63) is 82.6 Å². The van der Waals surface area contributed by atoms with Gasteiger partial charge in [0.25, 0.3) is 0 Å². The smallest absolute Gasteiger partial charge is 0.155 e. The first-order valence-corrected chi connectivity index (χ1v) is 10.8. The molecule has 4 heterocycles. The van der Waals surface area contributed by atoms with E-state index in [2.05, 4.69) is 64.0 Å². The zero-order valence-electron chi connectivity index (χ0n) is 18.7. The van der Waals surface area contributed by atoms with Gasteiger partial charge in [-0.2, -0.15) is 0 Å². The van der Waals surface area contributed by atoms with Gasteiger partial charge < -0.3 is 14.6 Å². The van der Waals surface area contributed by atoms with Gasteiger partial charge in [0.05, 0.1) is 41.7 Å². The Morgan fingerprint density at radius 3 is 2.59 bits per heavy atom. The van der Waals surface area contributed by atoms with Crippen molar-refractivity contribution < 1.29 is 5.11 Å². The SMILES string of the molecule is Cc1ccc2c(c1)CN(c1nnc(-c3ccc(-n4cnc(C)c4)c(CO)n3)cc1C)C2C. The minimum Gasteiger partial charge on any atom is -0.390 e. The first-order chi connectivity index (χ1) is 15.4. The lowest BCUT2D eigenvalue weighted by molar-refractivity contribution is 0.276.